The smallest absolute Gasteiger partial charge is 0.251 e. The molecule has 0 aliphatic rings. The maximum atomic E-state index is 14.4. The average Bonchev–Trinajstić information content (AvgIpc) is 3.40. The molecule has 0 aliphatic heterocycles. The average molecular weight is 464 g/mol. The van der Waals surface area contributed by atoms with Crippen molar-refractivity contribution in [1.29, 1.82) is 0 Å². The molecule has 0 aliphatic carbocycles. The summed E-state index contributed by atoms with van der Waals surface area (Å²) in [5.41, 5.74) is 11.9. The Kier molecular flexibility index (Phi) is 4.71. The van der Waals surface area contributed by atoms with Crippen molar-refractivity contribution < 1.29 is 13.6 Å². The zero-order valence-electron chi connectivity index (χ0n) is 19.3. The van der Waals surface area contributed by atoms with Gasteiger partial charge < -0.3 is 15.5 Å². The molecule has 3 N–H and O–H groups in total. The number of hydrogen-bond donors (Lipinski definition) is 2. The van der Waals surface area contributed by atoms with Gasteiger partial charge in [0.25, 0.3) is 5.91 Å². The highest BCUT2D eigenvalue weighted by Crippen LogP contribution is 2.42. The van der Waals surface area contributed by atoms with Gasteiger partial charge in [-0.15, -0.1) is 0 Å². The van der Waals surface area contributed by atoms with Crippen molar-refractivity contribution in [2.75, 3.05) is 5.73 Å². The fourth-order valence-electron chi connectivity index (χ4n) is 4.90. The molecule has 0 unspecified atom stereocenters. The Morgan fingerprint density at radius 2 is 1.66 bits per heavy atom. The SMILES string of the molecule is Cc1cc(N)nc(C)c1CNC(=O)c1ccc2c(c1)c1oc2c2ccc(-c3ccccc3F)cc21. The van der Waals surface area contributed by atoms with Gasteiger partial charge in [-0.2, -0.15) is 0 Å². The summed E-state index contributed by atoms with van der Waals surface area (Å²) in [4.78, 5) is 17.3. The van der Waals surface area contributed by atoms with Gasteiger partial charge in [-0.05, 0) is 73.0 Å². The lowest BCUT2D eigenvalue weighted by Crippen LogP contribution is -2.24. The van der Waals surface area contributed by atoms with Gasteiger partial charge in [0.05, 0.1) is 0 Å². The van der Waals surface area contributed by atoms with E-state index in [2.05, 4.69) is 10.3 Å². The van der Waals surface area contributed by atoms with Crippen molar-refractivity contribution in [3.63, 3.8) is 0 Å². The van der Waals surface area contributed by atoms with Crippen LogP contribution in [-0.4, -0.2) is 10.9 Å². The van der Waals surface area contributed by atoms with Crippen LogP contribution in [0.5, 0.6) is 0 Å². The van der Waals surface area contributed by atoms with E-state index in [1.54, 1.807) is 24.3 Å². The van der Waals surface area contributed by atoms with Gasteiger partial charge in [0, 0.05) is 44.9 Å². The predicted octanol–water partition coefficient (Wildman–Crippen LogP) is 6.51. The molecule has 0 atom stereocenters. The minimum atomic E-state index is -0.268. The first-order valence-corrected chi connectivity index (χ1v) is 11.4. The Morgan fingerprint density at radius 3 is 2.43 bits per heavy atom. The number of aryl methyl sites for hydroxylation is 2. The Bertz CT molecular complexity index is 1750. The summed E-state index contributed by atoms with van der Waals surface area (Å²) in [5.74, 6) is 0.0177. The van der Waals surface area contributed by atoms with Crippen LogP contribution >= 0.6 is 0 Å². The van der Waals surface area contributed by atoms with E-state index < -0.39 is 0 Å². The number of nitrogens with two attached hydrogens (primary N) is 1. The molecule has 3 aromatic carbocycles. The van der Waals surface area contributed by atoms with Crippen LogP contribution in [-0.2, 0) is 6.54 Å². The van der Waals surface area contributed by atoms with E-state index >= 15 is 0 Å². The molecular formula is C29H22FN3O2. The number of furan rings is 2. The first-order valence-electron chi connectivity index (χ1n) is 11.4. The third-order valence-electron chi connectivity index (χ3n) is 6.67. The number of pyridine rings is 1. The quantitative estimate of drug-likeness (QED) is 0.292. The summed E-state index contributed by atoms with van der Waals surface area (Å²) in [6, 6.07) is 19.9. The molecule has 0 saturated heterocycles. The zero-order valence-corrected chi connectivity index (χ0v) is 19.3. The molecule has 35 heavy (non-hydrogen) atoms. The molecule has 0 spiro atoms. The fourth-order valence-corrected chi connectivity index (χ4v) is 4.90. The molecule has 3 aromatic heterocycles. The fraction of sp³-hybridized carbons (Fsp3) is 0.103. The van der Waals surface area contributed by atoms with Crippen LogP contribution in [0.2, 0.25) is 0 Å². The van der Waals surface area contributed by atoms with E-state index in [4.69, 9.17) is 10.2 Å². The van der Waals surface area contributed by atoms with Crippen LogP contribution in [0.15, 0.2) is 71.1 Å². The molecule has 0 fully saturated rings. The van der Waals surface area contributed by atoms with Crippen LogP contribution in [0.1, 0.15) is 27.2 Å². The number of hydrogen-bond acceptors (Lipinski definition) is 4. The summed E-state index contributed by atoms with van der Waals surface area (Å²) in [5, 5.41) is 6.70. The molecule has 6 rings (SSSR count). The van der Waals surface area contributed by atoms with Crippen LogP contribution in [0.3, 0.4) is 0 Å². The Morgan fingerprint density at radius 1 is 0.943 bits per heavy atom. The third-order valence-corrected chi connectivity index (χ3v) is 6.67. The topological polar surface area (TPSA) is 81.1 Å². The van der Waals surface area contributed by atoms with Crippen molar-refractivity contribution in [3.8, 4) is 11.1 Å². The number of carbonyl (C=O) groups excluding carboxylic acids is 1. The van der Waals surface area contributed by atoms with E-state index in [0.29, 0.717) is 29.1 Å². The number of nitrogens with one attached hydrogen (secondary N) is 1. The monoisotopic (exact) mass is 463 g/mol. The summed E-state index contributed by atoms with van der Waals surface area (Å²) >= 11 is 0. The van der Waals surface area contributed by atoms with Crippen molar-refractivity contribution >= 4 is 44.4 Å². The number of anilines is 1. The first-order chi connectivity index (χ1) is 16.9. The van der Waals surface area contributed by atoms with Gasteiger partial charge in [-0.3, -0.25) is 4.79 Å². The number of nitrogen functional groups attached to an aromatic ring is 1. The van der Waals surface area contributed by atoms with E-state index in [-0.39, 0.29) is 11.7 Å². The molecule has 0 saturated carbocycles. The van der Waals surface area contributed by atoms with Gasteiger partial charge in [0.1, 0.15) is 22.8 Å². The lowest BCUT2D eigenvalue weighted by molar-refractivity contribution is 0.0951. The second-order valence-corrected chi connectivity index (χ2v) is 8.87. The minimum Gasteiger partial charge on any atom is -0.455 e. The Labute approximate surface area is 200 Å². The largest absolute Gasteiger partial charge is 0.455 e. The van der Waals surface area contributed by atoms with Gasteiger partial charge in [-0.1, -0.05) is 24.3 Å². The number of amides is 1. The number of halogens is 1. The normalized spacial score (nSPS) is 11.6. The molecule has 1 amide bonds. The van der Waals surface area contributed by atoms with Crippen molar-refractivity contribution in [2.45, 2.75) is 20.4 Å². The number of aromatic nitrogens is 1. The highest BCUT2D eigenvalue weighted by atomic mass is 19.1. The molecule has 6 heteroatoms. The second-order valence-electron chi connectivity index (χ2n) is 8.87. The number of nitrogens with zero attached hydrogens (tertiary/aromatic N) is 1. The highest BCUT2D eigenvalue weighted by molar-refractivity contribution is 6.26. The predicted molar refractivity (Wildman–Crippen MR) is 137 cm³/mol. The molecule has 172 valence electrons. The third kappa shape index (κ3) is 3.37. The molecule has 0 radical (unpaired) electrons. The maximum absolute atomic E-state index is 14.4. The van der Waals surface area contributed by atoms with Crippen LogP contribution in [0, 0.1) is 19.7 Å². The second kappa shape index (κ2) is 7.81. The summed E-state index contributed by atoms with van der Waals surface area (Å²) in [7, 11) is 0. The Balaban J connectivity index is 1.36. The summed E-state index contributed by atoms with van der Waals surface area (Å²) < 4.78 is 20.5. The van der Waals surface area contributed by atoms with Gasteiger partial charge in [-0.25, -0.2) is 9.37 Å². The lowest BCUT2D eigenvalue weighted by atomic mass is 9.97. The summed E-state index contributed by atoms with van der Waals surface area (Å²) in [6.45, 7) is 4.20. The number of rotatable bonds is 4. The van der Waals surface area contributed by atoms with E-state index in [1.165, 1.54) is 6.07 Å². The first kappa shape index (κ1) is 21.1. The standard InChI is InChI=1S/C29H22FN3O2/c1-15-11-26(31)33-16(2)24(15)14-32-29(34)18-8-10-21-23(13-18)28-22-12-17(7-9-20(22)27(21)35-28)19-5-3-4-6-25(19)30/h3-13H,14H2,1-2H3,(H2,31,33)(H,32,34). The lowest BCUT2D eigenvalue weighted by Gasteiger charge is -2.11. The number of fused-ring (bicyclic) bond motifs is 8. The number of carbonyl (C=O) groups is 1. The molecule has 6 aromatic rings. The summed E-state index contributed by atoms with van der Waals surface area (Å²) in [6.07, 6.45) is 0. The van der Waals surface area contributed by atoms with E-state index in [1.807, 2.05) is 50.2 Å². The molecule has 3 heterocycles. The van der Waals surface area contributed by atoms with Crippen molar-refractivity contribution in [3.05, 3.63) is 94.9 Å². The van der Waals surface area contributed by atoms with Crippen LogP contribution < -0.4 is 11.1 Å². The minimum absolute atomic E-state index is 0.183. The van der Waals surface area contributed by atoms with Gasteiger partial charge >= 0.3 is 0 Å². The van der Waals surface area contributed by atoms with Crippen molar-refractivity contribution in [2.24, 2.45) is 0 Å². The molecular weight excluding hydrogens is 441 g/mol. The van der Waals surface area contributed by atoms with Crippen molar-refractivity contribution in [1.82, 2.24) is 10.3 Å². The van der Waals surface area contributed by atoms with Crippen LogP contribution in [0.4, 0.5) is 10.2 Å². The van der Waals surface area contributed by atoms with Crippen LogP contribution in [0.25, 0.3) is 43.8 Å². The Hall–Kier alpha value is -4.45. The molecule has 2 bridgehead atoms. The van der Waals surface area contributed by atoms with E-state index in [0.717, 1.165) is 49.5 Å². The van der Waals surface area contributed by atoms with Gasteiger partial charge in [0.2, 0.25) is 0 Å². The highest BCUT2D eigenvalue weighted by Gasteiger charge is 2.20. The zero-order chi connectivity index (χ0) is 24.3. The number of benzene rings is 4. The molecule has 5 nitrogen and oxygen atoms in total. The maximum Gasteiger partial charge on any atom is 0.251 e. The van der Waals surface area contributed by atoms with Gasteiger partial charge in [0.15, 0.2) is 0 Å². The van der Waals surface area contributed by atoms with E-state index in [9.17, 15) is 9.18 Å².